The molecule has 3 aromatic rings. The number of benzene rings is 3. The molecule has 0 saturated heterocycles. The predicted molar refractivity (Wildman–Crippen MR) is 86.0 cm³/mol. The first-order valence-corrected chi connectivity index (χ1v) is 7.11. The smallest absolute Gasteiger partial charge is 0.126 e. The fourth-order valence-corrected chi connectivity index (χ4v) is 2.76. The van der Waals surface area contributed by atoms with Gasteiger partial charge in [0, 0.05) is 0 Å². The minimum Gasteiger partial charge on any atom is -0.309 e. The number of hydrogen-bond donors (Lipinski definition) is 1. The van der Waals surface area contributed by atoms with E-state index in [2.05, 4.69) is 35.6 Å². The van der Waals surface area contributed by atoms with Crippen molar-refractivity contribution in [3.8, 4) is 0 Å². The minimum absolute atomic E-state index is 0.0638. The zero-order chi connectivity index (χ0) is 14.8. The van der Waals surface area contributed by atoms with Crippen molar-refractivity contribution in [1.82, 2.24) is 5.32 Å². The summed E-state index contributed by atoms with van der Waals surface area (Å²) in [5.74, 6) is -0.160. The van der Waals surface area contributed by atoms with E-state index in [1.54, 1.807) is 6.92 Å². The van der Waals surface area contributed by atoms with Crippen molar-refractivity contribution in [1.29, 1.82) is 0 Å². The molecule has 1 nitrogen and oxygen atoms in total. The van der Waals surface area contributed by atoms with Crippen molar-refractivity contribution in [3.05, 3.63) is 83.2 Å². The summed E-state index contributed by atoms with van der Waals surface area (Å²) < 4.78 is 13.5. The number of nitrogens with one attached hydrogen (secondary N) is 1. The predicted octanol–water partition coefficient (Wildman–Crippen LogP) is 4.60. The van der Waals surface area contributed by atoms with Gasteiger partial charge in [0.2, 0.25) is 0 Å². The van der Waals surface area contributed by atoms with Crippen LogP contribution in [-0.4, -0.2) is 7.05 Å². The molecule has 0 bridgehead atoms. The van der Waals surface area contributed by atoms with E-state index in [1.807, 2.05) is 31.3 Å². The van der Waals surface area contributed by atoms with E-state index in [0.717, 1.165) is 5.56 Å². The molecule has 0 fully saturated rings. The molecule has 0 spiro atoms. The summed E-state index contributed by atoms with van der Waals surface area (Å²) in [5, 5.41) is 5.77. The standard InChI is InChI=1S/C19H18FN/c1-13-11-16(9-10-18(13)20)19(21-2)17-8-7-14-5-3-4-6-15(14)12-17/h3-12,19,21H,1-2H3. The molecule has 3 aromatic carbocycles. The van der Waals surface area contributed by atoms with Crippen LogP contribution in [0.5, 0.6) is 0 Å². The summed E-state index contributed by atoms with van der Waals surface area (Å²) in [5.41, 5.74) is 2.93. The lowest BCUT2D eigenvalue weighted by Crippen LogP contribution is -2.17. The first kappa shape index (κ1) is 13.8. The number of aryl methyl sites for hydroxylation is 1. The molecular formula is C19H18FN. The van der Waals surface area contributed by atoms with Crippen molar-refractivity contribution < 1.29 is 4.39 Å². The maximum absolute atomic E-state index is 13.5. The third-order valence-corrected chi connectivity index (χ3v) is 3.91. The molecule has 0 heterocycles. The second-order valence-corrected chi connectivity index (χ2v) is 5.34. The maximum Gasteiger partial charge on any atom is 0.126 e. The molecule has 2 heteroatoms. The Balaban J connectivity index is 2.06. The molecule has 0 aromatic heterocycles. The average Bonchev–Trinajstić information content (AvgIpc) is 2.51. The lowest BCUT2D eigenvalue weighted by atomic mass is 9.95. The molecule has 21 heavy (non-hydrogen) atoms. The average molecular weight is 279 g/mol. The summed E-state index contributed by atoms with van der Waals surface area (Å²) in [6.45, 7) is 1.80. The van der Waals surface area contributed by atoms with Gasteiger partial charge in [-0.05, 0) is 53.6 Å². The van der Waals surface area contributed by atoms with Crippen molar-refractivity contribution in [2.45, 2.75) is 13.0 Å². The van der Waals surface area contributed by atoms with Crippen LogP contribution in [0.25, 0.3) is 10.8 Å². The third kappa shape index (κ3) is 2.67. The van der Waals surface area contributed by atoms with Gasteiger partial charge >= 0.3 is 0 Å². The largest absolute Gasteiger partial charge is 0.309 e. The molecular weight excluding hydrogens is 261 g/mol. The summed E-state index contributed by atoms with van der Waals surface area (Å²) in [6, 6.07) is 20.1. The zero-order valence-electron chi connectivity index (χ0n) is 12.2. The van der Waals surface area contributed by atoms with E-state index in [0.29, 0.717) is 5.56 Å². The van der Waals surface area contributed by atoms with E-state index in [1.165, 1.54) is 22.4 Å². The molecule has 1 unspecified atom stereocenters. The Hall–Kier alpha value is -2.19. The molecule has 1 N–H and O–H groups in total. The minimum atomic E-state index is -0.160. The lowest BCUT2D eigenvalue weighted by Gasteiger charge is -2.18. The Kier molecular flexibility index (Phi) is 3.72. The Bertz CT molecular complexity index is 779. The molecule has 3 rings (SSSR count). The Morgan fingerprint density at radius 3 is 2.24 bits per heavy atom. The SMILES string of the molecule is CNC(c1ccc(F)c(C)c1)c1ccc2ccccc2c1. The van der Waals surface area contributed by atoms with Gasteiger partial charge in [-0.3, -0.25) is 0 Å². The normalized spacial score (nSPS) is 12.5. The van der Waals surface area contributed by atoms with Crippen LogP contribution in [0.1, 0.15) is 22.7 Å². The molecule has 0 aliphatic rings. The van der Waals surface area contributed by atoms with Crippen LogP contribution in [0.2, 0.25) is 0 Å². The Morgan fingerprint density at radius 2 is 1.52 bits per heavy atom. The lowest BCUT2D eigenvalue weighted by molar-refractivity contribution is 0.614. The molecule has 0 aliphatic carbocycles. The number of rotatable bonds is 3. The van der Waals surface area contributed by atoms with E-state index in [4.69, 9.17) is 0 Å². The van der Waals surface area contributed by atoms with Crippen molar-refractivity contribution in [3.63, 3.8) is 0 Å². The molecule has 0 amide bonds. The van der Waals surface area contributed by atoms with E-state index < -0.39 is 0 Å². The van der Waals surface area contributed by atoms with Crippen LogP contribution in [0.4, 0.5) is 4.39 Å². The number of halogens is 1. The van der Waals surface area contributed by atoms with Gasteiger partial charge in [0.25, 0.3) is 0 Å². The van der Waals surface area contributed by atoms with Crippen LogP contribution in [-0.2, 0) is 0 Å². The summed E-state index contributed by atoms with van der Waals surface area (Å²) in [4.78, 5) is 0. The fourth-order valence-electron chi connectivity index (χ4n) is 2.76. The second-order valence-electron chi connectivity index (χ2n) is 5.34. The molecule has 0 aliphatic heterocycles. The number of hydrogen-bond acceptors (Lipinski definition) is 1. The van der Waals surface area contributed by atoms with E-state index >= 15 is 0 Å². The van der Waals surface area contributed by atoms with E-state index in [9.17, 15) is 4.39 Å². The van der Waals surface area contributed by atoms with Gasteiger partial charge in [-0.1, -0.05) is 48.5 Å². The highest BCUT2D eigenvalue weighted by molar-refractivity contribution is 5.83. The first-order valence-electron chi connectivity index (χ1n) is 7.11. The van der Waals surface area contributed by atoms with Crippen molar-refractivity contribution in [2.75, 3.05) is 7.05 Å². The molecule has 0 saturated carbocycles. The van der Waals surface area contributed by atoms with Crippen LogP contribution in [0.15, 0.2) is 60.7 Å². The second kappa shape index (κ2) is 5.66. The van der Waals surface area contributed by atoms with Gasteiger partial charge in [-0.25, -0.2) is 4.39 Å². The first-order chi connectivity index (χ1) is 10.2. The van der Waals surface area contributed by atoms with Gasteiger partial charge in [-0.2, -0.15) is 0 Å². The summed E-state index contributed by atoms with van der Waals surface area (Å²) in [6.07, 6.45) is 0. The Labute approximate surface area is 124 Å². The maximum atomic E-state index is 13.5. The number of fused-ring (bicyclic) bond motifs is 1. The van der Waals surface area contributed by atoms with Crippen LogP contribution in [0, 0.1) is 12.7 Å². The molecule has 1 atom stereocenters. The fraction of sp³-hybridized carbons (Fsp3) is 0.158. The quantitative estimate of drug-likeness (QED) is 0.739. The highest BCUT2D eigenvalue weighted by Crippen LogP contribution is 2.26. The highest BCUT2D eigenvalue weighted by atomic mass is 19.1. The summed E-state index contributed by atoms with van der Waals surface area (Å²) >= 11 is 0. The van der Waals surface area contributed by atoms with Crippen LogP contribution in [0.3, 0.4) is 0 Å². The molecule has 0 radical (unpaired) electrons. The van der Waals surface area contributed by atoms with Crippen molar-refractivity contribution in [2.24, 2.45) is 0 Å². The third-order valence-electron chi connectivity index (χ3n) is 3.91. The highest BCUT2D eigenvalue weighted by Gasteiger charge is 2.13. The van der Waals surface area contributed by atoms with Gasteiger partial charge in [0.15, 0.2) is 0 Å². The van der Waals surface area contributed by atoms with Crippen LogP contribution >= 0.6 is 0 Å². The monoisotopic (exact) mass is 279 g/mol. The van der Waals surface area contributed by atoms with Gasteiger partial charge in [0.1, 0.15) is 5.82 Å². The van der Waals surface area contributed by atoms with Crippen molar-refractivity contribution >= 4 is 10.8 Å². The summed E-state index contributed by atoms with van der Waals surface area (Å²) in [7, 11) is 1.93. The molecule has 106 valence electrons. The topological polar surface area (TPSA) is 12.0 Å². The van der Waals surface area contributed by atoms with Gasteiger partial charge in [0.05, 0.1) is 6.04 Å². The van der Waals surface area contributed by atoms with Gasteiger partial charge in [-0.15, -0.1) is 0 Å². The zero-order valence-corrected chi connectivity index (χ0v) is 12.2. The Morgan fingerprint density at radius 1 is 0.857 bits per heavy atom. The van der Waals surface area contributed by atoms with Gasteiger partial charge < -0.3 is 5.32 Å². The van der Waals surface area contributed by atoms with E-state index in [-0.39, 0.29) is 11.9 Å². The van der Waals surface area contributed by atoms with Crippen LogP contribution < -0.4 is 5.32 Å².